The lowest BCUT2D eigenvalue weighted by molar-refractivity contribution is 0.0516. The monoisotopic (exact) mass is 1390 g/mol. The summed E-state index contributed by atoms with van der Waals surface area (Å²) in [5, 5.41) is 51.9. The summed E-state index contributed by atoms with van der Waals surface area (Å²) in [6.45, 7) is 5.01. The van der Waals surface area contributed by atoms with Gasteiger partial charge < -0.3 is 43.7 Å². The first kappa shape index (κ1) is 70.3. The highest BCUT2D eigenvalue weighted by molar-refractivity contribution is 5.96. The van der Waals surface area contributed by atoms with E-state index in [4.69, 9.17) is 43.7 Å². The van der Waals surface area contributed by atoms with Crippen LogP contribution < -0.4 is 24.7 Å². The zero-order valence-corrected chi connectivity index (χ0v) is 55.8. The number of hydrogen-bond donors (Lipinski definition) is 2. The Morgan fingerprint density at radius 1 is 0.451 bits per heavy atom. The van der Waals surface area contributed by atoms with Crippen molar-refractivity contribution in [2.24, 2.45) is 10.9 Å². The number of aromatic carboxylic acids is 1. The molecule has 522 valence electrons. The SMILES string of the molecule is COc1cccc(F)c1CCc1ccc(-c2nc(C)no2)c2nncn12.COc1cccc(F)c1CCc1ccc(-c2nc(C)no2)c2nncn12.COc1cccc(F)c1CCc1ccc(C(=O)O)c2nncn12.COc1cccc(F)c1CCc1ccc(C(=O)O/N=C(\C)N)c2nncn12. The number of carbonyl (C=O) groups is 2. The highest BCUT2D eigenvalue weighted by atomic mass is 19.1. The van der Waals surface area contributed by atoms with Crippen molar-refractivity contribution in [2.45, 2.75) is 72.1 Å². The fraction of sp³-hybridized carbons (Fsp3) is 0.214. The van der Waals surface area contributed by atoms with Crippen LogP contribution in [0.2, 0.25) is 0 Å². The van der Waals surface area contributed by atoms with E-state index in [-0.39, 0.29) is 45.9 Å². The Bertz CT molecular complexity index is 5160. The molecule has 0 atom stereocenters. The number of amidine groups is 1. The number of fused-ring (bicyclic) bond motifs is 4. The fourth-order valence-corrected chi connectivity index (χ4v) is 11.2. The number of halogens is 4. The van der Waals surface area contributed by atoms with E-state index >= 15 is 0 Å². The number of carboxylic acids is 1. The molecule has 32 heteroatoms. The van der Waals surface area contributed by atoms with Crippen LogP contribution in [0.1, 0.15) is 84.3 Å². The number of oxime groups is 1. The molecule has 14 rings (SSSR count). The van der Waals surface area contributed by atoms with Crippen molar-refractivity contribution in [3.05, 3.63) is 238 Å². The first-order chi connectivity index (χ1) is 49.5. The van der Waals surface area contributed by atoms with Crippen molar-refractivity contribution in [1.82, 2.24) is 78.7 Å². The Morgan fingerprint density at radius 3 is 1.08 bits per heavy atom. The van der Waals surface area contributed by atoms with Crippen molar-refractivity contribution in [3.63, 3.8) is 0 Å². The molecular weight excluding hydrogens is 1330 g/mol. The molecule has 0 saturated carbocycles. The van der Waals surface area contributed by atoms with Gasteiger partial charge in [0.1, 0.15) is 88.5 Å². The molecule has 3 N–H and O–H groups in total. The first-order valence-corrected chi connectivity index (χ1v) is 31.3. The molecule has 0 fully saturated rings. The minimum atomic E-state index is -1.06. The van der Waals surface area contributed by atoms with Gasteiger partial charge in [0.25, 0.3) is 11.8 Å². The number of nitrogens with two attached hydrogens (primary N) is 1. The van der Waals surface area contributed by atoms with Crippen LogP contribution in [0.25, 0.3) is 45.5 Å². The van der Waals surface area contributed by atoms with E-state index in [9.17, 15) is 27.2 Å². The number of carboxylic acid groups (broad SMARTS) is 1. The van der Waals surface area contributed by atoms with Crippen LogP contribution in [0.15, 0.2) is 161 Å². The topological polar surface area (TPSA) is 337 Å². The summed E-state index contributed by atoms with van der Waals surface area (Å²) < 4.78 is 94.8. The second-order valence-electron chi connectivity index (χ2n) is 22.4. The van der Waals surface area contributed by atoms with Crippen LogP contribution in [0.4, 0.5) is 17.6 Å². The third-order valence-corrected chi connectivity index (χ3v) is 16.1. The molecule has 14 aromatic rings. The number of aryl methyl sites for hydroxylation is 6. The molecule has 102 heavy (non-hydrogen) atoms. The molecule has 0 amide bonds. The summed E-state index contributed by atoms with van der Waals surface area (Å²) >= 11 is 0. The third kappa shape index (κ3) is 15.8. The Hall–Kier alpha value is -13.0. The maximum Gasteiger partial charge on any atom is 0.369 e. The number of ether oxygens (including phenoxy) is 4. The lowest BCUT2D eigenvalue weighted by Gasteiger charge is -2.11. The number of rotatable bonds is 21. The summed E-state index contributed by atoms with van der Waals surface area (Å²) in [4.78, 5) is 36.6. The average molecular weight is 1390 g/mol. The van der Waals surface area contributed by atoms with Crippen LogP contribution in [-0.2, 0) is 56.2 Å². The molecule has 0 radical (unpaired) electrons. The lowest BCUT2D eigenvalue weighted by atomic mass is 10.1. The minimum absolute atomic E-state index is 0.0784. The van der Waals surface area contributed by atoms with Crippen LogP contribution in [0.3, 0.4) is 0 Å². The fourth-order valence-electron chi connectivity index (χ4n) is 11.2. The highest BCUT2D eigenvalue weighted by Crippen LogP contribution is 2.30. The predicted molar refractivity (Wildman–Crippen MR) is 359 cm³/mol. The van der Waals surface area contributed by atoms with Gasteiger partial charge in [-0.05, 0) is 169 Å². The van der Waals surface area contributed by atoms with Crippen LogP contribution >= 0.6 is 0 Å². The molecule has 28 nitrogen and oxygen atoms in total. The van der Waals surface area contributed by atoms with E-state index < -0.39 is 11.9 Å². The molecule has 4 aromatic carbocycles. The van der Waals surface area contributed by atoms with Gasteiger partial charge in [-0.2, -0.15) is 9.97 Å². The highest BCUT2D eigenvalue weighted by Gasteiger charge is 2.22. The maximum atomic E-state index is 14.1. The van der Waals surface area contributed by atoms with Crippen molar-refractivity contribution >= 4 is 40.4 Å². The standard InChI is InChI=1S/C18H18FN5O3.2C18H16FN5O2.C16H14FN3O3/c1-11(20)23-27-18(25)14-9-7-12(24-10-21-22-17(14)24)6-8-13-15(19)4-3-5-16(13)26-2;2*1-11-21-18(26-23-11)14-9-7-12(24-10-20-22-17(14)24)6-8-13-15(19)4-3-5-16(13)25-2;1-23-14-4-2-3-13(17)11(14)7-5-10-6-8-12(16(21)22)15-19-18-9-20(10)15/h3-5,7,9-10H,6,8H2,1-2H3,(H2,20,23);2*3-5,7,9-10H,6,8H2,1-2H3;2-4,6,8-9H,5,7H2,1H3,(H,21,22). The maximum absolute atomic E-state index is 14.1. The van der Waals surface area contributed by atoms with Crippen molar-refractivity contribution in [2.75, 3.05) is 28.4 Å². The number of benzene rings is 4. The third-order valence-electron chi connectivity index (χ3n) is 16.1. The molecule has 0 aliphatic carbocycles. The number of pyridine rings is 4. The van der Waals surface area contributed by atoms with Gasteiger partial charge in [0.15, 0.2) is 34.2 Å². The number of carbonyl (C=O) groups excluding carboxylic acids is 1. The van der Waals surface area contributed by atoms with E-state index in [1.165, 1.54) is 78.3 Å². The number of aromatic nitrogens is 16. The Labute approximate surface area is 577 Å². The lowest BCUT2D eigenvalue weighted by Crippen LogP contribution is -2.11. The van der Waals surface area contributed by atoms with Gasteiger partial charge in [-0.3, -0.25) is 17.6 Å². The number of hydrogen-bond acceptors (Lipinski definition) is 22. The van der Waals surface area contributed by atoms with Gasteiger partial charge in [0, 0.05) is 45.0 Å². The molecule has 0 saturated heterocycles. The second-order valence-corrected chi connectivity index (χ2v) is 22.4. The number of nitrogens with zero attached hydrogens (tertiary/aromatic N) is 17. The molecule has 10 aromatic heterocycles. The average Bonchev–Trinajstić information content (AvgIpc) is 1.62. The molecule has 0 spiro atoms. The normalized spacial score (nSPS) is 11.2. The summed E-state index contributed by atoms with van der Waals surface area (Å²) in [6.07, 6.45) is 10.1. The molecule has 0 unspecified atom stereocenters. The summed E-state index contributed by atoms with van der Waals surface area (Å²) in [5.41, 5.74) is 14.4. The molecule has 0 aliphatic rings. The smallest absolute Gasteiger partial charge is 0.369 e. The largest absolute Gasteiger partial charge is 0.496 e. The van der Waals surface area contributed by atoms with Gasteiger partial charge in [-0.15, -0.1) is 40.8 Å². The Morgan fingerprint density at radius 2 is 0.765 bits per heavy atom. The Balaban J connectivity index is 0.000000137. The van der Waals surface area contributed by atoms with E-state index in [1.807, 2.05) is 33.1 Å². The van der Waals surface area contributed by atoms with Gasteiger partial charge in [-0.25, -0.2) is 27.2 Å². The zero-order valence-electron chi connectivity index (χ0n) is 55.8. The van der Waals surface area contributed by atoms with E-state index in [0.29, 0.717) is 148 Å². The summed E-state index contributed by atoms with van der Waals surface area (Å²) in [7, 11) is 6.08. The second kappa shape index (κ2) is 32.1. The quantitative estimate of drug-likeness (QED) is 0.0222. The van der Waals surface area contributed by atoms with E-state index in [1.54, 1.807) is 102 Å². The summed E-state index contributed by atoms with van der Waals surface area (Å²) in [5.74, 6) is 1.11. The van der Waals surface area contributed by atoms with Crippen LogP contribution in [-0.4, -0.2) is 130 Å². The van der Waals surface area contributed by atoms with E-state index in [2.05, 4.69) is 66.2 Å². The Kier molecular flexibility index (Phi) is 22.1. The van der Waals surface area contributed by atoms with Crippen LogP contribution in [0.5, 0.6) is 23.0 Å². The molecular formula is C70H64F4N18O10. The van der Waals surface area contributed by atoms with Gasteiger partial charge >= 0.3 is 11.9 Å². The first-order valence-electron chi connectivity index (χ1n) is 31.3. The van der Waals surface area contributed by atoms with Crippen molar-refractivity contribution in [1.29, 1.82) is 0 Å². The van der Waals surface area contributed by atoms with Crippen LogP contribution in [0, 0.1) is 37.1 Å². The number of methoxy groups -OCH3 is 4. The predicted octanol–water partition coefficient (Wildman–Crippen LogP) is 10.5. The summed E-state index contributed by atoms with van der Waals surface area (Å²) in [6, 6.07) is 33.1. The zero-order chi connectivity index (χ0) is 72.0. The van der Waals surface area contributed by atoms with E-state index in [0.717, 1.165) is 22.8 Å². The molecule has 10 heterocycles. The van der Waals surface area contributed by atoms with Gasteiger partial charge in [-0.1, -0.05) is 39.7 Å². The van der Waals surface area contributed by atoms with Crippen molar-refractivity contribution in [3.8, 4) is 45.9 Å². The molecule has 0 aliphatic heterocycles. The van der Waals surface area contributed by atoms with Gasteiger partial charge in [0.05, 0.1) is 39.6 Å². The minimum Gasteiger partial charge on any atom is -0.496 e. The van der Waals surface area contributed by atoms with Crippen molar-refractivity contribution < 1.29 is 65.1 Å². The van der Waals surface area contributed by atoms with Gasteiger partial charge in [0.2, 0.25) is 0 Å². The molecule has 0 bridgehead atoms.